The van der Waals surface area contributed by atoms with Gasteiger partial charge in [-0.3, -0.25) is 4.72 Å². The Labute approximate surface area is 147 Å². The molecule has 0 aliphatic carbocycles. The summed E-state index contributed by atoms with van der Waals surface area (Å²) in [6.07, 6.45) is 1.61. The number of hydrogen-bond donors (Lipinski definition) is 1. The number of sulfonamides is 1. The summed E-state index contributed by atoms with van der Waals surface area (Å²) >= 11 is 0. The van der Waals surface area contributed by atoms with Crippen LogP contribution >= 0.6 is 0 Å². The maximum atomic E-state index is 12.3. The topological polar surface area (TPSA) is 81.7 Å². The number of anilines is 1. The molecule has 7 heteroatoms. The van der Waals surface area contributed by atoms with Gasteiger partial charge in [0.15, 0.2) is 0 Å². The van der Waals surface area contributed by atoms with E-state index in [1.807, 2.05) is 0 Å². The lowest BCUT2D eigenvalue weighted by molar-refractivity contribution is 0.0600. The molecule has 0 saturated heterocycles. The highest BCUT2D eigenvalue weighted by Crippen LogP contribution is 2.19. The molecule has 0 aliphatic rings. The van der Waals surface area contributed by atoms with Crippen molar-refractivity contribution in [1.29, 1.82) is 0 Å². The van der Waals surface area contributed by atoms with Gasteiger partial charge in [0.05, 0.1) is 24.1 Å². The van der Waals surface area contributed by atoms with E-state index in [0.29, 0.717) is 29.2 Å². The van der Waals surface area contributed by atoms with E-state index in [1.54, 1.807) is 42.5 Å². The van der Waals surface area contributed by atoms with Crippen molar-refractivity contribution in [2.75, 3.05) is 18.4 Å². The fourth-order valence-corrected chi connectivity index (χ4v) is 3.28. The van der Waals surface area contributed by atoms with Crippen LogP contribution in [0.3, 0.4) is 0 Å². The minimum Gasteiger partial charge on any atom is -0.489 e. The molecular weight excluding hydrogens is 342 g/mol. The first-order valence-electron chi connectivity index (χ1n) is 7.45. The second-order valence-corrected chi connectivity index (χ2v) is 6.90. The van der Waals surface area contributed by atoms with E-state index in [-0.39, 0.29) is 5.75 Å². The van der Waals surface area contributed by atoms with E-state index in [0.717, 1.165) is 0 Å². The Morgan fingerprint density at radius 1 is 1.20 bits per heavy atom. The van der Waals surface area contributed by atoms with Crippen molar-refractivity contribution in [3.05, 3.63) is 72.3 Å². The summed E-state index contributed by atoms with van der Waals surface area (Å²) in [7, 11) is -2.32. The molecule has 0 aromatic heterocycles. The fraction of sp³-hybridized carbons (Fsp3) is 0.167. The Balaban J connectivity index is 2.06. The molecule has 0 heterocycles. The van der Waals surface area contributed by atoms with Gasteiger partial charge >= 0.3 is 5.97 Å². The van der Waals surface area contributed by atoms with E-state index >= 15 is 0 Å². The maximum Gasteiger partial charge on any atom is 0.337 e. The zero-order valence-electron chi connectivity index (χ0n) is 13.8. The third-order valence-corrected chi connectivity index (χ3v) is 4.47. The molecule has 0 aliphatic heterocycles. The average Bonchev–Trinajstić information content (AvgIpc) is 2.59. The summed E-state index contributed by atoms with van der Waals surface area (Å²) in [5.74, 6) is -0.141. The number of nitrogens with one attached hydrogen (secondary N) is 1. The van der Waals surface area contributed by atoms with Gasteiger partial charge in [0.2, 0.25) is 10.0 Å². The van der Waals surface area contributed by atoms with Crippen molar-refractivity contribution in [1.82, 2.24) is 0 Å². The van der Waals surface area contributed by atoms with Crippen molar-refractivity contribution in [2.45, 2.75) is 5.75 Å². The summed E-state index contributed by atoms with van der Waals surface area (Å²) in [6, 6.07) is 12.9. The maximum absolute atomic E-state index is 12.3. The molecule has 2 aromatic rings. The van der Waals surface area contributed by atoms with E-state index in [2.05, 4.69) is 16.0 Å². The highest BCUT2D eigenvalue weighted by atomic mass is 32.2. The van der Waals surface area contributed by atoms with Gasteiger partial charge in [0.1, 0.15) is 12.4 Å². The summed E-state index contributed by atoms with van der Waals surface area (Å²) in [5.41, 5.74) is 1.33. The highest BCUT2D eigenvalue weighted by molar-refractivity contribution is 7.91. The van der Waals surface area contributed by atoms with Crippen LogP contribution in [0.5, 0.6) is 5.75 Å². The zero-order chi connectivity index (χ0) is 18.3. The Morgan fingerprint density at radius 3 is 2.56 bits per heavy atom. The first kappa shape index (κ1) is 18.5. The number of carbonyl (C=O) groups excluding carboxylic acids is 1. The van der Waals surface area contributed by atoms with E-state index < -0.39 is 16.0 Å². The van der Waals surface area contributed by atoms with Crippen LogP contribution in [-0.4, -0.2) is 28.1 Å². The molecule has 1 N–H and O–H groups in total. The van der Waals surface area contributed by atoms with Crippen molar-refractivity contribution in [3.63, 3.8) is 0 Å². The van der Waals surface area contributed by atoms with Gasteiger partial charge < -0.3 is 9.47 Å². The minimum absolute atomic E-state index is 0.216. The third kappa shape index (κ3) is 5.65. The molecule has 132 valence electrons. The number of rotatable bonds is 8. The van der Waals surface area contributed by atoms with Gasteiger partial charge in [-0.1, -0.05) is 30.9 Å². The second-order valence-electron chi connectivity index (χ2n) is 5.18. The molecule has 2 rings (SSSR count). The number of methoxy groups -OCH3 is 1. The van der Waals surface area contributed by atoms with Gasteiger partial charge in [-0.2, -0.15) is 0 Å². The monoisotopic (exact) mass is 361 g/mol. The van der Waals surface area contributed by atoms with Gasteiger partial charge in [-0.15, -0.1) is 0 Å². The molecule has 0 radical (unpaired) electrons. The first-order valence-corrected chi connectivity index (χ1v) is 9.10. The number of benzene rings is 2. The van der Waals surface area contributed by atoms with Crippen LogP contribution in [0.1, 0.15) is 15.9 Å². The predicted molar refractivity (Wildman–Crippen MR) is 96.2 cm³/mol. The molecule has 0 atom stereocenters. The fourth-order valence-electron chi connectivity index (χ4n) is 2.09. The van der Waals surface area contributed by atoms with Gasteiger partial charge in [0.25, 0.3) is 0 Å². The summed E-state index contributed by atoms with van der Waals surface area (Å²) in [4.78, 5) is 11.4. The Hall–Kier alpha value is -2.80. The van der Waals surface area contributed by atoms with Gasteiger partial charge in [0, 0.05) is 6.07 Å². The average molecular weight is 361 g/mol. The van der Waals surface area contributed by atoms with Crippen LogP contribution in [0, 0.1) is 0 Å². The van der Waals surface area contributed by atoms with E-state index in [4.69, 9.17) is 4.74 Å². The largest absolute Gasteiger partial charge is 0.489 e. The van der Waals surface area contributed by atoms with Crippen LogP contribution in [-0.2, 0) is 20.5 Å². The molecule has 0 saturated carbocycles. The summed E-state index contributed by atoms with van der Waals surface area (Å²) in [5, 5.41) is 0. The van der Waals surface area contributed by atoms with Crippen LogP contribution in [0.25, 0.3) is 0 Å². The van der Waals surface area contributed by atoms with Crippen molar-refractivity contribution >= 4 is 21.7 Å². The quantitative estimate of drug-likeness (QED) is 0.577. The molecule has 0 amide bonds. The molecule has 0 bridgehead atoms. The Kier molecular flexibility index (Phi) is 6.19. The number of carbonyl (C=O) groups is 1. The summed E-state index contributed by atoms with van der Waals surface area (Å²) in [6.45, 7) is 3.90. The second kappa shape index (κ2) is 8.34. The summed E-state index contributed by atoms with van der Waals surface area (Å²) < 4.78 is 37.1. The van der Waals surface area contributed by atoms with Gasteiger partial charge in [-0.05, 0) is 29.8 Å². The molecule has 0 fully saturated rings. The molecular formula is C18H19NO5S. The lowest BCUT2D eigenvalue weighted by atomic mass is 10.1. The van der Waals surface area contributed by atoms with Crippen molar-refractivity contribution < 1.29 is 22.7 Å². The van der Waals surface area contributed by atoms with E-state index in [1.165, 1.54) is 19.2 Å². The van der Waals surface area contributed by atoms with Crippen LogP contribution in [0.15, 0.2) is 61.2 Å². The zero-order valence-corrected chi connectivity index (χ0v) is 14.6. The smallest absolute Gasteiger partial charge is 0.337 e. The molecule has 6 nitrogen and oxygen atoms in total. The van der Waals surface area contributed by atoms with Crippen molar-refractivity contribution in [3.8, 4) is 5.75 Å². The lowest BCUT2D eigenvalue weighted by Gasteiger charge is -2.10. The normalized spacial score (nSPS) is 10.8. The lowest BCUT2D eigenvalue weighted by Crippen LogP contribution is -2.15. The van der Waals surface area contributed by atoms with Crippen LogP contribution in [0.4, 0.5) is 5.69 Å². The van der Waals surface area contributed by atoms with Crippen LogP contribution in [0.2, 0.25) is 0 Å². The predicted octanol–water partition coefficient (Wildman–Crippen LogP) is 2.98. The van der Waals surface area contributed by atoms with Crippen LogP contribution < -0.4 is 9.46 Å². The minimum atomic E-state index is -3.61. The molecule has 2 aromatic carbocycles. The number of esters is 1. The third-order valence-electron chi connectivity index (χ3n) is 3.21. The molecule has 0 spiro atoms. The van der Waals surface area contributed by atoms with Crippen molar-refractivity contribution in [2.24, 2.45) is 0 Å². The van der Waals surface area contributed by atoms with Gasteiger partial charge in [-0.25, -0.2) is 13.2 Å². The Bertz CT molecular complexity index is 844. The molecule has 25 heavy (non-hydrogen) atoms. The SMILES string of the molecule is C=CCOc1cccc(NS(=O)(=O)Cc2ccc(C(=O)OC)cc2)c1. The standard InChI is InChI=1S/C18H19NO5S/c1-3-11-24-17-6-4-5-16(12-17)19-25(21,22)13-14-7-9-15(10-8-14)18(20)23-2/h3-10,12,19H,1,11,13H2,2H3. The van der Waals surface area contributed by atoms with E-state index in [9.17, 15) is 13.2 Å². The number of ether oxygens (including phenoxy) is 2. The molecule has 0 unspecified atom stereocenters. The first-order chi connectivity index (χ1) is 11.9. The Morgan fingerprint density at radius 2 is 1.92 bits per heavy atom. The number of hydrogen-bond acceptors (Lipinski definition) is 5. The highest BCUT2D eigenvalue weighted by Gasteiger charge is 2.13.